The third-order valence-electron chi connectivity index (χ3n) is 5.22. The SMILES string of the molecule is COC(CNC(=O)C(C)C1Sc2ccccc2N(Cc2ccc(C)cc2)C1=O)OC. The zero-order chi connectivity index (χ0) is 21.7. The van der Waals surface area contributed by atoms with E-state index in [0.29, 0.717) is 6.54 Å². The first kappa shape index (κ1) is 22.3. The van der Waals surface area contributed by atoms with Crippen molar-refractivity contribution in [2.75, 3.05) is 25.7 Å². The van der Waals surface area contributed by atoms with Crippen LogP contribution >= 0.6 is 11.8 Å². The number of thioether (sulfide) groups is 1. The Kier molecular flexibility index (Phi) is 7.53. The number of anilines is 1. The Morgan fingerprint density at radius 1 is 1.13 bits per heavy atom. The fourth-order valence-electron chi connectivity index (χ4n) is 3.34. The molecule has 3 rings (SSSR count). The van der Waals surface area contributed by atoms with E-state index in [1.165, 1.54) is 31.5 Å². The van der Waals surface area contributed by atoms with Crippen LogP contribution in [0.25, 0.3) is 0 Å². The smallest absolute Gasteiger partial charge is 0.241 e. The Bertz CT molecular complexity index is 883. The second-order valence-electron chi connectivity index (χ2n) is 7.35. The molecule has 0 saturated heterocycles. The van der Waals surface area contributed by atoms with Gasteiger partial charge >= 0.3 is 0 Å². The van der Waals surface area contributed by atoms with Gasteiger partial charge in [0.25, 0.3) is 0 Å². The molecule has 0 aliphatic carbocycles. The molecule has 1 aliphatic heterocycles. The highest BCUT2D eigenvalue weighted by molar-refractivity contribution is 8.01. The lowest BCUT2D eigenvalue weighted by Crippen LogP contribution is -2.48. The van der Waals surface area contributed by atoms with Gasteiger partial charge in [0.15, 0.2) is 6.29 Å². The number of ether oxygens (including phenoxy) is 2. The highest BCUT2D eigenvalue weighted by atomic mass is 32.2. The van der Waals surface area contributed by atoms with Gasteiger partial charge in [-0.1, -0.05) is 48.9 Å². The molecule has 1 heterocycles. The van der Waals surface area contributed by atoms with Crippen LogP contribution in [0.1, 0.15) is 18.1 Å². The van der Waals surface area contributed by atoms with Crippen LogP contribution in [0.3, 0.4) is 0 Å². The van der Waals surface area contributed by atoms with Crippen molar-refractivity contribution >= 4 is 29.3 Å². The van der Waals surface area contributed by atoms with Crippen LogP contribution in [0.15, 0.2) is 53.4 Å². The predicted molar refractivity (Wildman–Crippen MR) is 118 cm³/mol. The number of aryl methyl sites for hydroxylation is 1. The van der Waals surface area contributed by atoms with E-state index in [1.807, 2.05) is 55.5 Å². The fourth-order valence-corrected chi connectivity index (χ4v) is 4.63. The first-order valence-electron chi connectivity index (χ1n) is 9.90. The summed E-state index contributed by atoms with van der Waals surface area (Å²) in [4.78, 5) is 29.0. The fraction of sp³-hybridized carbons (Fsp3) is 0.391. The second-order valence-corrected chi connectivity index (χ2v) is 8.53. The number of methoxy groups -OCH3 is 2. The molecule has 0 saturated carbocycles. The summed E-state index contributed by atoms with van der Waals surface area (Å²) in [5.74, 6) is -0.766. The molecular weight excluding hydrogens is 400 g/mol. The molecule has 0 bridgehead atoms. The third-order valence-corrected chi connectivity index (χ3v) is 6.68. The highest BCUT2D eigenvalue weighted by Gasteiger charge is 2.39. The zero-order valence-electron chi connectivity index (χ0n) is 17.8. The van der Waals surface area contributed by atoms with E-state index in [2.05, 4.69) is 5.32 Å². The summed E-state index contributed by atoms with van der Waals surface area (Å²) in [5.41, 5.74) is 3.11. The first-order chi connectivity index (χ1) is 14.4. The summed E-state index contributed by atoms with van der Waals surface area (Å²) in [5, 5.41) is 2.32. The number of benzene rings is 2. The van der Waals surface area contributed by atoms with Crippen LogP contribution in [0.5, 0.6) is 0 Å². The van der Waals surface area contributed by atoms with Gasteiger partial charge in [-0.2, -0.15) is 0 Å². The molecule has 1 N–H and O–H groups in total. The van der Waals surface area contributed by atoms with E-state index in [-0.39, 0.29) is 18.4 Å². The molecule has 2 atom stereocenters. The average Bonchev–Trinajstić information content (AvgIpc) is 2.77. The molecule has 2 amide bonds. The first-order valence-corrected chi connectivity index (χ1v) is 10.8. The maximum atomic E-state index is 13.4. The highest BCUT2D eigenvalue weighted by Crippen LogP contribution is 2.42. The van der Waals surface area contributed by atoms with Gasteiger partial charge in [0, 0.05) is 19.1 Å². The third kappa shape index (κ3) is 5.03. The van der Waals surface area contributed by atoms with Crippen LogP contribution in [0.2, 0.25) is 0 Å². The minimum Gasteiger partial charge on any atom is -0.354 e. The number of nitrogens with one attached hydrogen (secondary N) is 1. The summed E-state index contributed by atoms with van der Waals surface area (Å²) in [6.45, 7) is 4.52. The van der Waals surface area contributed by atoms with Gasteiger partial charge in [-0.15, -0.1) is 11.8 Å². The van der Waals surface area contributed by atoms with Gasteiger partial charge in [0.05, 0.1) is 24.7 Å². The number of carbonyl (C=O) groups is 2. The van der Waals surface area contributed by atoms with Crippen LogP contribution in [0.4, 0.5) is 5.69 Å². The van der Waals surface area contributed by atoms with E-state index in [9.17, 15) is 9.59 Å². The minimum absolute atomic E-state index is 0.0584. The average molecular weight is 429 g/mol. The maximum Gasteiger partial charge on any atom is 0.241 e. The quantitative estimate of drug-likeness (QED) is 0.653. The van der Waals surface area contributed by atoms with Gasteiger partial charge in [0.2, 0.25) is 11.8 Å². The van der Waals surface area contributed by atoms with Crippen molar-refractivity contribution < 1.29 is 19.1 Å². The Balaban J connectivity index is 1.80. The van der Waals surface area contributed by atoms with Crippen molar-refractivity contribution in [3.05, 3.63) is 59.7 Å². The molecule has 30 heavy (non-hydrogen) atoms. The number of fused-ring (bicyclic) bond motifs is 1. The van der Waals surface area contributed by atoms with Gasteiger partial charge < -0.3 is 19.7 Å². The Hall–Kier alpha value is -2.35. The molecule has 0 fully saturated rings. The Morgan fingerprint density at radius 3 is 2.47 bits per heavy atom. The zero-order valence-corrected chi connectivity index (χ0v) is 18.6. The van der Waals surface area contributed by atoms with Crippen LogP contribution in [-0.4, -0.2) is 44.1 Å². The van der Waals surface area contributed by atoms with E-state index in [0.717, 1.165) is 16.1 Å². The van der Waals surface area contributed by atoms with E-state index >= 15 is 0 Å². The van der Waals surface area contributed by atoms with Crippen LogP contribution < -0.4 is 10.2 Å². The van der Waals surface area contributed by atoms with Crippen LogP contribution in [-0.2, 0) is 25.6 Å². The maximum absolute atomic E-state index is 13.4. The lowest BCUT2D eigenvalue weighted by atomic mass is 10.0. The number of para-hydroxylation sites is 1. The molecule has 1 aliphatic rings. The molecular formula is C23H28N2O4S. The number of carbonyl (C=O) groups excluding carboxylic acids is 2. The number of nitrogens with zero attached hydrogens (tertiary/aromatic N) is 1. The Morgan fingerprint density at radius 2 is 1.80 bits per heavy atom. The van der Waals surface area contributed by atoms with Crippen molar-refractivity contribution in [3.8, 4) is 0 Å². The molecule has 2 aromatic rings. The van der Waals surface area contributed by atoms with E-state index in [1.54, 1.807) is 11.8 Å². The Labute approximate surface area is 181 Å². The van der Waals surface area contributed by atoms with E-state index < -0.39 is 17.5 Å². The monoisotopic (exact) mass is 428 g/mol. The lowest BCUT2D eigenvalue weighted by Gasteiger charge is -2.36. The van der Waals surface area contributed by atoms with Gasteiger partial charge in [-0.3, -0.25) is 9.59 Å². The number of hydrogen-bond acceptors (Lipinski definition) is 5. The molecule has 160 valence electrons. The van der Waals surface area contributed by atoms with Crippen LogP contribution in [0, 0.1) is 12.8 Å². The normalized spacial score (nSPS) is 17.0. The largest absolute Gasteiger partial charge is 0.354 e. The van der Waals surface area contributed by atoms with Crippen molar-refractivity contribution in [2.45, 2.75) is 36.8 Å². The molecule has 2 unspecified atom stereocenters. The molecule has 0 spiro atoms. The van der Waals surface area contributed by atoms with E-state index in [4.69, 9.17) is 9.47 Å². The predicted octanol–water partition coefficient (Wildman–Crippen LogP) is 3.37. The molecule has 7 heteroatoms. The van der Waals surface area contributed by atoms with Gasteiger partial charge in [-0.25, -0.2) is 0 Å². The van der Waals surface area contributed by atoms with Gasteiger partial charge in [-0.05, 0) is 24.6 Å². The summed E-state index contributed by atoms with van der Waals surface area (Å²) < 4.78 is 10.2. The minimum atomic E-state index is -0.519. The second kappa shape index (κ2) is 10.1. The molecule has 0 aromatic heterocycles. The summed E-state index contributed by atoms with van der Waals surface area (Å²) >= 11 is 1.45. The number of amides is 2. The van der Waals surface area contributed by atoms with Gasteiger partial charge in [0.1, 0.15) is 5.25 Å². The van der Waals surface area contributed by atoms with Crippen molar-refractivity contribution in [3.63, 3.8) is 0 Å². The standard InChI is InChI=1S/C23H28N2O4S/c1-15-9-11-17(12-10-15)14-25-18-7-5-6-8-19(18)30-21(23(25)27)16(2)22(26)24-13-20(28-3)29-4/h5-12,16,20-21H,13-14H2,1-4H3,(H,24,26). The molecule has 2 aromatic carbocycles. The summed E-state index contributed by atoms with van der Waals surface area (Å²) in [7, 11) is 3.04. The number of hydrogen-bond donors (Lipinski definition) is 1. The van der Waals surface area contributed by atoms with Crippen molar-refractivity contribution in [1.82, 2.24) is 5.32 Å². The lowest BCUT2D eigenvalue weighted by molar-refractivity contribution is -0.132. The molecule has 6 nitrogen and oxygen atoms in total. The number of rotatable bonds is 8. The summed E-state index contributed by atoms with van der Waals surface area (Å²) in [6, 6.07) is 16.0. The van der Waals surface area contributed by atoms with Crippen molar-refractivity contribution in [2.24, 2.45) is 5.92 Å². The van der Waals surface area contributed by atoms with Crippen molar-refractivity contribution in [1.29, 1.82) is 0 Å². The topological polar surface area (TPSA) is 67.9 Å². The molecule has 0 radical (unpaired) electrons. The summed E-state index contributed by atoms with van der Waals surface area (Å²) in [6.07, 6.45) is -0.519.